The van der Waals surface area contributed by atoms with E-state index in [1.165, 1.54) is 24.0 Å². The van der Waals surface area contributed by atoms with Crippen molar-refractivity contribution in [2.24, 2.45) is 11.7 Å². The molecule has 3 heteroatoms. The molecule has 3 nitrogen and oxygen atoms in total. The SMILES string of the molecule is Cc1cccc(CCNC(=O)CC(N)C2CC2)c1. The first-order valence-electron chi connectivity index (χ1n) is 6.73. The van der Waals surface area contributed by atoms with Gasteiger partial charge in [0.25, 0.3) is 0 Å². The number of aryl methyl sites for hydroxylation is 1. The maximum atomic E-state index is 11.7. The van der Waals surface area contributed by atoms with Gasteiger partial charge in [-0.15, -0.1) is 0 Å². The third-order valence-corrected chi connectivity index (χ3v) is 3.47. The van der Waals surface area contributed by atoms with Crippen LogP contribution in [0.3, 0.4) is 0 Å². The fraction of sp³-hybridized carbons (Fsp3) is 0.533. The Morgan fingerprint density at radius 2 is 2.28 bits per heavy atom. The van der Waals surface area contributed by atoms with E-state index in [0.29, 0.717) is 18.9 Å². The number of nitrogens with two attached hydrogens (primary N) is 1. The lowest BCUT2D eigenvalue weighted by atomic mass is 10.1. The molecule has 0 spiro atoms. The van der Waals surface area contributed by atoms with Crippen LogP contribution in [-0.4, -0.2) is 18.5 Å². The minimum atomic E-state index is 0.0592. The maximum Gasteiger partial charge on any atom is 0.221 e. The van der Waals surface area contributed by atoms with Gasteiger partial charge in [-0.1, -0.05) is 29.8 Å². The summed E-state index contributed by atoms with van der Waals surface area (Å²) in [7, 11) is 0. The van der Waals surface area contributed by atoms with Crippen molar-refractivity contribution in [3.05, 3.63) is 35.4 Å². The van der Waals surface area contributed by atoms with E-state index < -0.39 is 0 Å². The normalized spacial score (nSPS) is 16.3. The maximum absolute atomic E-state index is 11.7. The van der Waals surface area contributed by atoms with Crippen LogP contribution in [0.2, 0.25) is 0 Å². The van der Waals surface area contributed by atoms with Crippen molar-refractivity contribution in [1.82, 2.24) is 5.32 Å². The van der Waals surface area contributed by atoms with E-state index >= 15 is 0 Å². The lowest BCUT2D eigenvalue weighted by Gasteiger charge is -2.10. The standard InChI is InChI=1S/C15H22N2O/c1-11-3-2-4-12(9-11)7-8-17-15(18)10-14(16)13-5-6-13/h2-4,9,13-14H,5-8,10,16H2,1H3,(H,17,18). The summed E-state index contributed by atoms with van der Waals surface area (Å²) < 4.78 is 0. The van der Waals surface area contributed by atoms with Crippen molar-refractivity contribution in [2.45, 2.75) is 38.6 Å². The molecule has 1 saturated carbocycles. The van der Waals surface area contributed by atoms with Crippen LogP contribution in [-0.2, 0) is 11.2 Å². The first kappa shape index (κ1) is 13.1. The van der Waals surface area contributed by atoms with Gasteiger partial charge >= 0.3 is 0 Å². The Morgan fingerprint density at radius 1 is 1.50 bits per heavy atom. The molecule has 1 aliphatic rings. The highest BCUT2D eigenvalue weighted by molar-refractivity contribution is 5.76. The Kier molecular flexibility index (Phi) is 4.37. The number of amides is 1. The second-order valence-electron chi connectivity index (χ2n) is 5.29. The zero-order chi connectivity index (χ0) is 13.0. The van der Waals surface area contributed by atoms with Gasteiger partial charge in [0, 0.05) is 19.0 Å². The van der Waals surface area contributed by atoms with Gasteiger partial charge in [-0.05, 0) is 37.7 Å². The summed E-state index contributed by atoms with van der Waals surface area (Å²) >= 11 is 0. The van der Waals surface area contributed by atoms with Crippen LogP contribution in [0.1, 0.15) is 30.4 Å². The van der Waals surface area contributed by atoms with Gasteiger partial charge in [-0.2, -0.15) is 0 Å². The summed E-state index contributed by atoms with van der Waals surface area (Å²) in [6.45, 7) is 2.77. The Hall–Kier alpha value is -1.35. The highest BCUT2D eigenvalue weighted by Gasteiger charge is 2.29. The molecule has 0 aliphatic heterocycles. The molecule has 18 heavy (non-hydrogen) atoms. The van der Waals surface area contributed by atoms with Crippen LogP contribution < -0.4 is 11.1 Å². The molecule has 1 aliphatic carbocycles. The number of nitrogens with one attached hydrogen (secondary N) is 1. The van der Waals surface area contributed by atoms with Gasteiger partial charge in [-0.3, -0.25) is 4.79 Å². The van der Waals surface area contributed by atoms with E-state index in [9.17, 15) is 4.79 Å². The molecular weight excluding hydrogens is 224 g/mol. The van der Waals surface area contributed by atoms with Crippen molar-refractivity contribution in [3.63, 3.8) is 0 Å². The predicted molar refractivity (Wildman–Crippen MR) is 73.2 cm³/mol. The average Bonchev–Trinajstić information content (AvgIpc) is 3.12. The number of hydrogen-bond acceptors (Lipinski definition) is 2. The van der Waals surface area contributed by atoms with Crippen molar-refractivity contribution < 1.29 is 4.79 Å². The Bertz CT molecular complexity index is 413. The van der Waals surface area contributed by atoms with Crippen LogP contribution in [0.4, 0.5) is 0 Å². The molecule has 1 unspecified atom stereocenters. The first-order chi connectivity index (χ1) is 8.65. The molecule has 98 valence electrons. The summed E-state index contributed by atoms with van der Waals surface area (Å²) in [5.41, 5.74) is 8.45. The van der Waals surface area contributed by atoms with E-state index in [0.717, 1.165) is 6.42 Å². The van der Waals surface area contributed by atoms with Crippen LogP contribution in [0.25, 0.3) is 0 Å². The molecule has 0 bridgehead atoms. The summed E-state index contributed by atoms with van der Waals surface area (Å²) in [6, 6.07) is 8.44. The van der Waals surface area contributed by atoms with E-state index in [1.807, 2.05) is 0 Å². The molecule has 1 atom stereocenters. The molecule has 1 amide bonds. The van der Waals surface area contributed by atoms with Crippen molar-refractivity contribution in [2.75, 3.05) is 6.54 Å². The molecule has 0 aromatic heterocycles. The topological polar surface area (TPSA) is 55.1 Å². The number of hydrogen-bond donors (Lipinski definition) is 2. The van der Waals surface area contributed by atoms with Crippen LogP contribution in [0.15, 0.2) is 24.3 Å². The third kappa shape index (κ3) is 4.15. The Morgan fingerprint density at radius 3 is 2.94 bits per heavy atom. The summed E-state index contributed by atoms with van der Waals surface area (Å²) in [4.78, 5) is 11.7. The second kappa shape index (κ2) is 6.01. The van der Waals surface area contributed by atoms with E-state index in [-0.39, 0.29) is 11.9 Å². The van der Waals surface area contributed by atoms with E-state index in [4.69, 9.17) is 5.73 Å². The monoisotopic (exact) mass is 246 g/mol. The average molecular weight is 246 g/mol. The molecule has 3 N–H and O–H groups in total. The van der Waals surface area contributed by atoms with E-state index in [2.05, 4.69) is 36.5 Å². The largest absolute Gasteiger partial charge is 0.356 e. The third-order valence-electron chi connectivity index (χ3n) is 3.47. The highest BCUT2D eigenvalue weighted by Crippen LogP contribution is 2.32. The molecular formula is C15H22N2O. The lowest BCUT2D eigenvalue weighted by Crippen LogP contribution is -2.33. The van der Waals surface area contributed by atoms with Gasteiger partial charge in [0.15, 0.2) is 0 Å². The van der Waals surface area contributed by atoms with Crippen LogP contribution in [0, 0.1) is 12.8 Å². The predicted octanol–water partition coefficient (Wildman–Crippen LogP) is 1.78. The molecule has 1 fully saturated rings. The van der Waals surface area contributed by atoms with Crippen LogP contribution >= 0.6 is 0 Å². The number of benzene rings is 1. The van der Waals surface area contributed by atoms with Gasteiger partial charge in [-0.25, -0.2) is 0 Å². The fourth-order valence-corrected chi connectivity index (χ4v) is 2.19. The Balaban J connectivity index is 1.66. The van der Waals surface area contributed by atoms with Crippen molar-refractivity contribution in [1.29, 1.82) is 0 Å². The van der Waals surface area contributed by atoms with Crippen molar-refractivity contribution in [3.8, 4) is 0 Å². The van der Waals surface area contributed by atoms with E-state index in [1.54, 1.807) is 0 Å². The fourth-order valence-electron chi connectivity index (χ4n) is 2.19. The summed E-state index contributed by atoms with van der Waals surface area (Å²) in [6.07, 6.45) is 3.74. The smallest absolute Gasteiger partial charge is 0.221 e. The van der Waals surface area contributed by atoms with Gasteiger partial charge in [0.2, 0.25) is 5.91 Å². The van der Waals surface area contributed by atoms with Gasteiger partial charge < -0.3 is 11.1 Å². The summed E-state index contributed by atoms with van der Waals surface area (Å²) in [5, 5.41) is 2.95. The van der Waals surface area contributed by atoms with Gasteiger partial charge in [0.1, 0.15) is 0 Å². The Labute approximate surface area is 109 Å². The molecule has 0 radical (unpaired) electrons. The number of rotatable bonds is 6. The minimum absolute atomic E-state index is 0.0592. The number of carbonyl (C=O) groups is 1. The molecule has 0 saturated heterocycles. The van der Waals surface area contributed by atoms with Gasteiger partial charge in [0.05, 0.1) is 0 Å². The molecule has 1 aromatic carbocycles. The zero-order valence-corrected chi connectivity index (χ0v) is 11.0. The number of carbonyl (C=O) groups excluding carboxylic acids is 1. The molecule has 0 heterocycles. The van der Waals surface area contributed by atoms with Crippen LogP contribution in [0.5, 0.6) is 0 Å². The lowest BCUT2D eigenvalue weighted by molar-refractivity contribution is -0.121. The first-order valence-corrected chi connectivity index (χ1v) is 6.73. The molecule has 2 rings (SSSR count). The minimum Gasteiger partial charge on any atom is -0.356 e. The molecule has 1 aromatic rings. The second-order valence-corrected chi connectivity index (χ2v) is 5.29. The zero-order valence-electron chi connectivity index (χ0n) is 11.0. The quantitative estimate of drug-likeness (QED) is 0.804. The van der Waals surface area contributed by atoms with Crippen molar-refractivity contribution >= 4 is 5.91 Å². The highest BCUT2D eigenvalue weighted by atomic mass is 16.1. The summed E-state index contributed by atoms with van der Waals surface area (Å²) in [5.74, 6) is 0.676.